The Bertz CT molecular complexity index is 392. The lowest BCUT2D eigenvalue weighted by Crippen LogP contribution is -2.32. The molecule has 0 aliphatic carbocycles. The number of thiazole rings is 1. The van der Waals surface area contributed by atoms with E-state index in [1.54, 1.807) is 5.38 Å². The molecule has 1 aromatic heterocycles. The molecule has 0 saturated carbocycles. The first kappa shape index (κ1) is 12.4. The van der Waals surface area contributed by atoms with Crippen molar-refractivity contribution < 1.29 is 9.53 Å². The quantitative estimate of drug-likeness (QED) is 0.761. The van der Waals surface area contributed by atoms with E-state index in [2.05, 4.69) is 21.5 Å². The summed E-state index contributed by atoms with van der Waals surface area (Å²) in [5, 5.41) is 2.72. The lowest BCUT2D eigenvalue weighted by Gasteiger charge is -2.26. The highest BCUT2D eigenvalue weighted by Crippen LogP contribution is 2.27. The second-order valence-corrected chi connectivity index (χ2v) is 5.24. The number of anilines is 1. The standard InChI is InChI=1S/C12H18N2O2S/c1-9-6-4-3-5-7-14(9)12-13-10(8-17-12)11(15)16-2/h8-9H,3-7H2,1-2H3. The number of ether oxygens (including phenoxy) is 1. The van der Waals surface area contributed by atoms with Crippen molar-refractivity contribution >= 4 is 22.4 Å². The summed E-state index contributed by atoms with van der Waals surface area (Å²) in [4.78, 5) is 18.0. The van der Waals surface area contributed by atoms with Crippen molar-refractivity contribution in [2.24, 2.45) is 0 Å². The molecule has 4 nitrogen and oxygen atoms in total. The van der Waals surface area contributed by atoms with Gasteiger partial charge in [0.15, 0.2) is 10.8 Å². The number of carbonyl (C=O) groups excluding carboxylic acids is 1. The van der Waals surface area contributed by atoms with Crippen LogP contribution < -0.4 is 4.90 Å². The zero-order chi connectivity index (χ0) is 12.3. The van der Waals surface area contributed by atoms with Crippen LogP contribution in [0.25, 0.3) is 0 Å². The molecule has 1 aromatic rings. The molecule has 2 heterocycles. The Morgan fingerprint density at radius 1 is 1.53 bits per heavy atom. The van der Waals surface area contributed by atoms with Crippen molar-refractivity contribution in [1.29, 1.82) is 0 Å². The summed E-state index contributed by atoms with van der Waals surface area (Å²) in [6.45, 7) is 3.26. The van der Waals surface area contributed by atoms with E-state index in [0.717, 1.165) is 11.7 Å². The van der Waals surface area contributed by atoms with Crippen LogP contribution in [0, 0.1) is 0 Å². The summed E-state index contributed by atoms with van der Waals surface area (Å²) in [6, 6.07) is 0.508. The summed E-state index contributed by atoms with van der Waals surface area (Å²) in [6.07, 6.45) is 4.98. The van der Waals surface area contributed by atoms with Crippen LogP contribution in [0.15, 0.2) is 5.38 Å². The predicted molar refractivity (Wildman–Crippen MR) is 68.7 cm³/mol. The van der Waals surface area contributed by atoms with E-state index in [9.17, 15) is 4.79 Å². The monoisotopic (exact) mass is 254 g/mol. The average Bonchev–Trinajstić information content (AvgIpc) is 2.72. The Labute approximate surface area is 106 Å². The number of hydrogen-bond donors (Lipinski definition) is 0. The smallest absolute Gasteiger partial charge is 0.357 e. The first-order valence-electron chi connectivity index (χ1n) is 6.03. The highest BCUT2D eigenvalue weighted by Gasteiger charge is 2.21. The van der Waals surface area contributed by atoms with Crippen molar-refractivity contribution in [3.05, 3.63) is 11.1 Å². The molecule has 0 aromatic carbocycles. The van der Waals surface area contributed by atoms with E-state index in [1.165, 1.54) is 44.1 Å². The summed E-state index contributed by atoms with van der Waals surface area (Å²) in [5.74, 6) is -0.352. The first-order chi connectivity index (χ1) is 8.22. The van der Waals surface area contributed by atoms with E-state index in [4.69, 9.17) is 0 Å². The van der Waals surface area contributed by atoms with Gasteiger partial charge in [-0.05, 0) is 19.8 Å². The number of hydrogen-bond acceptors (Lipinski definition) is 5. The zero-order valence-electron chi connectivity index (χ0n) is 10.3. The minimum atomic E-state index is -0.352. The molecule has 2 rings (SSSR count). The molecule has 1 unspecified atom stereocenters. The Morgan fingerprint density at radius 2 is 2.35 bits per heavy atom. The van der Waals surface area contributed by atoms with Gasteiger partial charge in [0.1, 0.15) is 0 Å². The van der Waals surface area contributed by atoms with Crippen molar-refractivity contribution in [2.75, 3.05) is 18.6 Å². The fourth-order valence-corrected chi connectivity index (χ4v) is 3.08. The number of nitrogens with zero attached hydrogens (tertiary/aromatic N) is 2. The molecular formula is C12H18N2O2S. The third-order valence-electron chi connectivity index (χ3n) is 3.19. The molecule has 0 radical (unpaired) electrons. The zero-order valence-corrected chi connectivity index (χ0v) is 11.1. The van der Waals surface area contributed by atoms with E-state index in [0.29, 0.717) is 11.7 Å². The van der Waals surface area contributed by atoms with Crippen LogP contribution in [0.2, 0.25) is 0 Å². The number of aromatic nitrogens is 1. The summed E-state index contributed by atoms with van der Waals surface area (Å²) >= 11 is 1.53. The first-order valence-corrected chi connectivity index (χ1v) is 6.91. The van der Waals surface area contributed by atoms with Crippen molar-refractivity contribution in [3.8, 4) is 0 Å². The van der Waals surface area contributed by atoms with Gasteiger partial charge in [0.05, 0.1) is 7.11 Å². The lowest BCUT2D eigenvalue weighted by molar-refractivity contribution is 0.0595. The third kappa shape index (κ3) is 2.77. The molecule has 5 heteroatoms. The minimum absolute atomic E-state index is 0.352. The van der Waals surface area contributed by atoms with Crippen LogP contribution >= 0.6 is 11.3 Å². The lowest BCUT2D eigenvalue weighted by atomic mass is 10.1. The molecule has 0 N–H and O–H groups in total. The van der Waals surface area contributed by atoms with Crippen molar-refractivity contribution in [2.45, 2.75) is 38.6 Å². The summed E-state index contributed by atoms with van der Waals surface area (Å²) < 4.78 is 4.68. The maximum Gasteiger partial charge on any atom is 0.357 e. The van der Waals surface area contributed by atoms with Crippen LogP contribution in [-0.4, -0.2) is 30.6 Å². The van der Waals surface area contributed by atoms with Gasteiger partial charge in [-0.1, -0.05) is 12.8 Å². The fourth-order valence-electron chi connectivity index (χ4n) is 2.15. The van der Waals surface area contributed by atoms with Gasteiger partial charge in [-0.2, -0.15) is 0 Å². The topological polar surface area (TPSA) is 42.4 Å². The number of carbonyl (C=O) groups is 1. The molecule has 1 fully saturated rings. The Balaban J connectivity index is 2.15. The van der Waals surface area contributed by atoms with E-state index >= 15 is 0 Å². The molecular weight excluding hydrogens is 236 g/mol. The molecule has 0 bridgehead atoms. The van der Waals surface area contributed by atoms with Gasteiger partial charge in [-0.25, -0.2) is 9.78 Å². The van der Waals surface area contributed by atoms with Gasteiger partial charge in [0, 0.05) is 18.0 Å². The molecule has 1 atom stereocenters. The highest BCUT2D eigenvalue weighted by atomic mass is 32.1. The van der Waals surface area contributed by atoms with Crippen molar-refractivity contribution in [1.82, 2.24) is 4.98 Å². The third-order valence-corrected chi connectivity index (χ3v) is 4.06. The van der Waals surface area contributed by atoms with E-state index in [1.807, 2.05) is 0 Å². The van der Waals surface area contributed by atoms with Crippen LogP contribution in [0.1, 0.15) is 43.1 Å². The fraction of sp³-hybridized carbons (Fsp3) is 0.667. The molecule has 1 aliphatic heterocycles. The van der Waals surface area contributed by atoms with Gasteiger partial charge < -0.3 is 9.64 Å². The Kier molecular flexibility index (Phi) is 3.99. The van der Waals surface area contributed by atoms with Gasteiger partial charge in [0.2, 0.25) is 0 Å². The number of esters is 1. The average molecular weight is 254 g/mol. The minimum Gasteiger partial charge on any atom is -0.464 e. The van der Waals surface area contributed by atoms with Crippen molar-refractivity contribution in [3.63, 3.8) is 0 Å². The highest BCUT2D eigenvalue weighted by molar-refractivity contribution is 7.13. The summed E-state index contributed by atoms with van der Waals surface area (Å²) in [7, 11) is 1.38. The van der Waals surface area contributed by atoms with Gasteiger partial charge in [-0.15, -0.1) is 11.3 Å². The largest absolute Gasteiger partial charge is 0.464 e. The maximum atomic E-state index is 11.4. The number of methoxy groups -OCH3 is 1. The second kappa shape index (κ2) is 5.49. The second-order valence-electron chi connectivity index (χ2n) is 4.40. The van der Waals surface area contributed by atoms with Gasteiger partial charge in [-0.3, -0.25) is 0 Å². The predicted octanol–water partition coefficient (Wildman–Crippen LogP) is 2.70. The molecule has 94 valence electrons. The number of rotatable bonds is 2. The van der Waals surface area contributed by atoms with Gasteiger partial charge in [0.25, 0.3) is 0 Å². The Hall–Kier alpha value is -1.10. The SMILES string of the molecule is COC(=O)c1csc(N2CCCCCC2C)n1. The molecule has 0 amide bonds. The maximum absolute atomic E-state index is 11.4. The van der Waals surface area contributed by atoms with E-state index in [-0.39, 0.29) is 5.97 Å². The van der Waals surface area contributed by atoms with Crippen LogP contribution in [0.4, 0.5) is 5.13 Å². The van der Waals surface area contributed by atoms with Crippen LogP contribution in [0.3, 0.4) is 0 Å². The van der Waals surface area contributed by atoms with E-state index < -0.39 is 0 Å². The molecule has 0 spiro atoms. The normalized spacial score (nSPS) is 21.1. The molecule has 17 heavy (non-hydrogen) atoms. The van der Waals surface area contributed by atoms with Crippen LogP contribution in [-0.2, 0) is 4.74 Å². The Morgan fingerprint density at radius 3 is 3.12 bits per heavy atom. The van der Waals surface area contributed by atoms with Gasteiger partial charge >= 0.3 is 5.97 Å². The molecule has 1 aliphatic rings. The molecule has 1 saturated heterocycles. The van der Waals surface area contributed by atoms with Crippen LogP contribution in [0.5, 0.6) is 0 Å². The summed E-state index contributed by atoms with van der Waals surface area (Å²) in [5.41, 5.74) is 0.420.